The van der Waals surface area contributed by atoms with Gasteiger partial charge in [0.25, 0.3) is 0 Å². The van der Waals surface area contributed by atoms with Gasteiger partial charge in [0.05, 0.1) is 6.54 Å². The Bertz CT molecular complexity index is 479. The van der Waals surface area contributed by atoms with Crippen molar-refractivity contribution in [2.45, 2.75) is 33.2 Å². The van der Waals surface area contributed by atoms with Crippen LogP contribution >= 0.6 is 0 Å². The summed E-state index contributed by atoms with van der Waals surface area (Å²) >= 11 is 0. The quantitative estimate of drug-likeness (QED) is 0.839. The molecule has 2 rings (SSSR count). The molecule has 2 N–H and O–H groups in total. The summed E-state index contributed by atoms with van der Waals surface area (Å²) in [5.74, 6) is -0.652. The van der Waals surface area contributed by atoms with Gasteiger partial charge in [0, 0.05) is 5.92 Å². The normalized spacial score (nSPS) is 25.8. The van der Waals surface area contributed by atoms with Crippen LogP contribution in [0.15, 0.2) is 16.5 Å². The summed E-state index contributed by atoms with van der Waals surface area (Å²) in [5, 5.41) is 11.5. The van der Waals surface area contributed by atoms with Gasteiger partial charge in [-0.3, -0.25) is 4.79 Å². The van der Waals surface area contributed by atoms with E-state index in [4.69, 9.17) is 9.52 Å². The third kappa shape index (κ3) is 2.39. The summed E-state index contributed by atoms with van der Waals surface area (Å²) in [4.78, 5) is 22.4. The van der Waals surface area contributed by atoms with Crippen LogP contribution in [0.5, 0.6) is 0 Å². The van der Waals surface area contributed by atoms with Crippen molar-refractivity contribution in [2.24, 2.45) is 11.3 Å². The van der Waals surface area contributed by atoms with E-state index in [0.29, 0.717) is 5.76 Å². The molecule has 0 saturated heterocycles. The number of carboxylic acid groups (broad SMARTS) is 1. The predicted molar refractivity (Wildman–Crippen MR) is 64.0 cm³/mol. The maximum absolute atomic E-state index is 11.8. The van der Waals surface area contributed by atoms with Crippen LogP contribution in [0.2, 0.25) is 0 Å². The lowest BCUT2D eigenvalue weighted by molar-refractivity contribution is -0.123. The van der Waals surface area contributed by atoms with Gasteiger partial charge in [-0.2, -0.15) is 0 Å². The summed E-state index contributed by atoms with van der Waals surface area (Å²) in [6.07, 6.45) is 1.92. The molecule has 0 radical (unpaired) electrons. The third-order valence-corrected chi connectivity index (χ3v) is 3.79. The number of rotatable bonds is 5. The van der Waals surface area contributed by atoms with Gasteiger partial charge in [-0.05, 0) is 30.4 Å². The van der Waals surface area contributed by atoms with Crippen molar-refractivity contribution in [3.63, 3.8) is 0 Å². The van der Waals surface area contributed by atoms with E-state index < -0.39 is 5.97 Å². The van der Waals surface area contributed by atoms with E-state index >= 15 is 0 Å². The fourth-order valence-electron chi connectivity index (χ4n) is 2.09. The fraction of sp³-hybridized carbons (Fsp3) is 0.538. The number of hydrogen-bond donors (Lipinski definition) is 2. The van der Waals surface area contributed by atoms with Gasteiger partial charge in [0.1, 0.15) is 5.76 Å². The van der Waals surface area contributed by atoms with Crippen molar-refractivity contribution in [3.8, 4) is 0 Å². The van der Waals surface area contributed by atoms with Gasteiger partial charge < -0.3 is 14.8 Å². The van der Waals surface area contributed by atoms with E-state index in [1.165, 1.54) is 6.07 Å². The van der Waals surface area contributed by atoms with Crippen LogP contribution in [-0.2, 0) is 11.3 Å². The first-order chi connectivity index (χ1) is 8.46. The molecule has 5 heteroatoms. The Labute approximate surface area is 105 Å². The van der Waals surface area contributed by atoms with Crippen LogP contribution < -0.4 is 5.32 Å². The minimum absolute atomic E-state index is 0.0209. The highest BCUT2D eigenvalue weighted by atomic mass is 16.4. The maximum Gasteiger partial charge on any atom is 0.371 e. The number of nitrogens with one attached hydrogen (secondary N) is 1. The highest BCUT2D eigenvalue weighted by Gasteiger charge is 2.52. The average molecular weight is 251 g/mol. The molecular formula is C13H17NO4. The molecule has 18 heavy (non-hydrogen) atoms. The molecule has 1 aliphatic carbocycles. The molecule has 1 saturated carbocycles. The van der Waals surface area contributed by atoms with Crippen LogP contribution in [0, 0.1) is 11.3 Å². The Morgan fingerprint density at radius 1 is 1.56 bits per heavy atom. The fourth-order valence-corrected chi connectivity index (χ4v) is 2.09. The van der Waals surface area contributed by atoms with E-state index in [1.54, 1.807) is 6.07 Å². The molecular weight excluding hydrogens is 234 g/mol. The highest BCUT2D eigenvalue weighted by molar-refractivity contribution is 5.84. The Balaban J connectivity index is 1.85. The summed E-state index contributed by atoms with van der Waals surface area (Å²) in [5.41, 5.74) is 0.138. The predicted octanol–water partition coefficient (Wildman–Crippen LogP) is 2.03. The smallest absolute Gasteiger partial charge is 0.371 e. The molecule has 0 aliphatic heterocycles. The second-order valence-corrected chi connectivity index (χ2v) is 5.05. The monoisotopic (exact) mass is 251 g/mol. The van der Waals surface area contributed by atoms with Crippen molar-refractivity contribution in [1.29, 1.82) is 0 Å². The Hall–Kier alpha value is -1.78. The molecule has 1 aromatic heterocycles. The number of carbonyl (C=O) groups excluding carboxylic acids is 1. The molecule has 0 aromatic carbocycles. The summed E-state index contributed by atoms with van der Waals surface area (Å²) in [6, 6.07) is 2.95. The lowest BCUT2D eigenvalue weighted by Gasteiger charge is -2.07. The van der Waals surface area contributed by atoms with Crippen molar-refractivity contribution in [3.05, 3.63) is 23.7 Å². The summed E-state index contributed by atoms with van der Waals surface area (Å²) in [6.45, 7) is 4.42. The first-order valence-electron chi connectivity index (χ1n) is 6.06. The third-order valence-electron chi connectivity index (χ3n) is 3.79. The van der Waals surface area contributed by atoms with Gasteiger partial charge in [-0.25, -0.2) is 4.79 Å². The number of carboxylic acids is 1. The minimum atomic E-state index is -1.10. The first kappa shape index (κ1) is 12.7. The van der Waals surface area contributed by atoms with Gasteiger partial charge in [-0.1, -0.05) is 13.8 Å². The molecule has 98 valence electrons. The van der Waals surface area contributed by atoms with Gasteiger partial charge in [0.15, 0.2) is 0 Å². The number of hydrogen-bond acceptors (Lipinski definition) is 3. The molecule has 1 fully saturated rings. The molecule has 2 atom stereocenters. The lowest BCUT2D eigenvalue weighted by Crippen LogP contribution is -2.26. The number of amides is 1. The van der Waals surface area contributed by atoms with Crippen LogP contribution in [0.3, 0.4) is 0 Å². The maximum atomic E-state index is 11.8. The summed E-state index contributed by atoms with van der Waals surface area (Å²) in [7, 11) is 0. The molecule has 5 nitrogen and oxygen atoms in total. The molecule has 2 unspecified atom stereocenters. The zero-order valence-corrected chi connectivity index (χ0v) is 10.5. The second kappa shape index (κ2) is 4.48. The van der Waals surface area contributed by atoms with Gasteiger partial charge >= 0.3 is 5.97 Å². The van der Waals surface area contributed by atoms with E-state index in [9.17, 15) is 9.59 Å². The van der Waals surface area contributed by atoms with Crippen LogP contribution in [0.1, 0.15) is 43.0 Å². The minimum Gasteiger partial charge on any atom is -0.475 e. The standard InChI is InChI=1S/C13H17NO4/c1-3-13(2)6-9(13)11(15)14-7-8-4-5-10(18-8)12(16)17/h4-5,9H,3,6-7H2,1-2H3,(H,14,15)(H,16,17). The van der Waals surface area contributed by atoms with Gasteiger partial charge in [-0.15, -0.1) is 0 Å². The van der Waals surface area contributed by atoms with Crippen LogP contribution in [-0.4, -0.2) is 17.0 Å². The van der Waals surface area contributed by atoms with Crippen molar-refractivity contribution in [1.82, 2.24) is 5.32 Å². The molecule has 1 amide bonds. The van der Waals surface area contributed by atoms with Crippen LogP contribution in [0.25, 0.3) is 0 Å². The summed E-state index contributed by atoms with van der Waals surface area (Å²) < 4.78 is 5.06. The number of aromatic carboxylic acids is 1. The largest absolute Gasteiger partial charge is 0.475 e. The Morgan fingerprint density at radius 2 is 2.28 bits per heavy atom. The molecule has 1 heterocycles. The van der Waals surface area contributed by atoms with Gasteiger partial charge in [0.2, 0.25) is 11.7 Å². The number of furan rings is 1. The van der Waals surface area contributed by atoms with Crippen LogP contribution in [0.4, 0.5) is 0 Å². The zero-order valence-electron chi connectivity index (χ0n) is 10.5. The van der Waals surface area contributed by atoms with E-state index in [0.717, 1.165) is 12.8 Å². The second-order valence-electron chi connectivity index (χ2n) is 5.05. The SMILES string of the molecule is CCC1(C)CC1C(=O)NCc1ccc(C(=O)O)o1. The van der Waals surface area contributed by atoms with E-state index in [1.807, 2.05) is 0 Å². The molecule has 0 bridgehead atoms. The molecule has 1 aliphatic rings. The zero-order chi connectivity index (χ0) is 13.3. The van der Waals surface area contributed by atoms with Crippen molar-refractivity contribution < 1.29 is 19.1 Å². The van der Waals surface area contributed by atoms with E-state index in [2.05, 4.69) is 19.2 Å². The topological polar surface area (TPSA) is 79.5 Å². The molecule has 1 aromatic rings. The highest BCUT2D eigenvalue weighted by Crippen LogP contribution is 2.54. The lowest BCUT2D eigenvalue weighted by atomic mass is 10.0. The Kier molecular flexibility index (Phi) is 3.15. The number of carbonyl (C=O) groups is 2. The Morgan fingerprint density at radius 3 is 2.78 bits per heavy atom. The first-order valence-corrected chi connectivity index (χ1v) is 6.06. The van der Waals surface area contributed by atoms with Crippen molar-refractivity contribution in [2.75, 3.05) is 0 Å². The van der Waals surface area contributed by atoms with Crippen molar-refractivity contribution >= 4 is 11.9 Å². The van der Waals surface area contributed by atoms with E-state index in [-0.39, 0.29) is 29.5 Å². The average Bonchev–Trinajstić information content (AvgIpc) is 2.82. The molecule has 0 spiro atoms.